The molecule has 0 saturated carbocycles. The van der Waals surface area contributed by atoms with Gasteiger partial charge in [-0.3, -0.25) is 0 Å². The molecule has 8 nitrogen and oxygen atoms in total. The molecule has 3 aromatic heterocycles. The van der Waals surface area contributed by atoms with Crippen molar-refractivity contribution in [3.05, 3.63) is 34.6 Å². The molecule has 0 fully saturated rings. The van der Waals surface area contributed by atoms with E-state index in [-0.39, 0.29) is 16.9 Å². The molecule has 0 bridgehead atoms. The van der Waals surface area contributed by atoms with Crippen LogP contribution in [0.5, 0.6) is 0 Å². The molecule has 0 unspecified atom stereocenters. The third-order valence-electron chi connectivity index (χ3n) is 3.66. The normalized spacial score (nSPS) is 12.3. The minimum absolute atomic E-state index is 0.0389. The molecule has 0 aliphatic rings. The molecule has 13 heteroatoms. The molecule has 0 spiro atoms. The third-order valence-corrected chi connectivity index (χ3v) is 5.33. The van der Waals surface area contributed by atoms with Crippen LogP contribution in [0.1, 0.15) is 24.4 Å². The highest BCUT2D eigenvalue weighted by Crippen LogP contribution is 2.38. The number of nitrogens with zero attached hydrogens (tertiary/aromatic N) is 6. The van der Waals surface area contributed by atoms with Crippen LogP contribution in [0.2, 0.25) is 5.15 Å². The second-order valence-electron chi connectivity index (χ2n) is 5.87. The van der Waals surface area contributed by atoms with E-state index in [0.717, 1.165) is 0 Å². The van der Waals surface area contributed by atoms with E-state index >= 15 is 0 Å². The summed E-state index contributed by atoms with van der Waals surface area (Å²) >= 11 is 7.40. The van der Waals surface area contributed by atoms with E-state index < -0.39 is 17.3 Å². The molecule has 0 aromatic carbocycles. The molecule has 3 heterocycles. The minimum Gasteiger partial charge on any atom is -0.372 e. The lowest BCUT2D eigenvalue weighted by Gasteiger charge is -2.21. The monoisotopic (exact) mass is 418 g/mol. The molecular formula is C14H14ClF3N8S. The summed E-state index contributed by atoms with van der Waals surface area (Å²) in [5.41, 5.74) is -1.58. The average Bonchev–Trinajstić information content (AvgIpc) is 3.25. The first-order valence-corrected chi connectivity index (χ1v) is 8.73. The van der Waals surface area contributed by atoms with Gasteiger partial charge in [0.1, 0.15) is 39.6 Å². The largest absolute Gasteiger partial charge is 0.421 e. The Morgan fingerprint density at radius 2 is 1.96 bits per heavy atom. The van der Waals surface area contributed by atoms with Crippen molar-refractivity contribution in [1.29, 1.82) is 0 Å². The highest BCUT2D eigenvalue weighted by Gasteiger charge is 2.35. The van der Waals surface area contributed by atoms with Crippen LogP contribution < -0.4 is 10.6 Å². The molecule has 144 valence electrons. The van der Waals surface area contributed by atoms with E-state index in [1.54, 1.807) is 11.0 Å². The average molecular weight is 419 g/mol. The predicted molar refractivity (Wildman–Crippen MR) is 95.4 cm³/mol. The lowest BCUT2D eigenvalue weighted by atomic mass is 10.1. The molecule has 3 aromatic rings. The van der Waals surface area contributed by atoms with E-state index in [0.29, 0.717) is 16.2 Å². The maximum atomic E-state index is 12.9. The maximum Gasteiger partial charge on any atom is 0.421 e. The molecule has 27 heavy (non-hydrogen) atoms. The fourth-order valence-electron chi connectivity index (χ4n) is 2.18. The number of nitrogens with one attached hydrogen (secondary N) is 2. The lowest BCUT2D eigenvalue weighted by molar-refractivity contribution is -0.137. The number of hydrogen-bond donors (Lipinski definition) is 2. The van der Waals surface area contributed by atoms with Crippen molar-refractivity contribution in [2.45, 2.75) is 25.6 Å². The zero-order chi connectivity index (χ0) is 19.8. The lowest BCUT2D eigenvalue weighted by Crippen LogP contribution is -2.27. The second kappa shape index (κ2) is 6.93. The highest BCUT2D eigenvalue weighted by molar-refractivity contribution is 7.16. The van der Waals surface area contributed by atoms with Gasteiger partial charge in [-0.05, 0) is 13.8 Å². The SMILES string of the molecule is CNc1nc(Nc2sc(C(C)(C)n3cncn3)nc2Cl)ncc1C(F)(F)F. The number of aromatic nitrogens is 6. The highest BCUT2D eigenvalue weighted by atomic mass is 35.5. The van der Waals surface area contributed by atoms with Crippen molar-refractivity contribution in [1.82, 2.24) is 29.7 Å². The maximum absolute atomic E-state index is 12.9. The van der Waals surface area contributed by atoms with Crippen LogP contribution >= 0.6 is 22.9 Å². The van der Waals surface area contributed by atoms with E-state index in [4.69, 9.17) is 11.6 Å². The number of anilines is 3. The van der Waals surface area contributed by atoms with Crippen LogP contribution in [0, 0.1) is 0 Å². The van der Waals surface area contributed by atoms with Crippen molar-refractivity contribution in [3.63, 3.8) is 0 Å². The molecule has 0 amide bonds. The first kappa shape index (κ1) is 19.3. The van der Waals surface area contributed by atoms with E-state index in [1.807, 2.05) is 13.8 Å². The van der Waals surface area contributed by atoms with Crippen molar-refractivity contribution < 1.29 is 13.2 Å². The Labute approximate surface area is 160 Å². The van der Waals surface area contributed by atoms with Gasteiger partial charge in [0.25, 0.3) is 0 Å². The summed E-state index contributed by atoms with van der Waals surface area (Å²) in [5, 5.41) is 10.5. The van der Waals surface area contributed by atoms with Gasteiger partial charge < -0.3 is 10.6 Å². The Bertz CT molecular complexity index is 938. The summed E-state index contributed by atoms with van der Waals surface area (Å²) in [6.45, 7) is 3.77. The molecular weight excluding hydrogens is 405 g/mol. The van der Waals surface area contributed by atoms with Crippen molar-refractivity contribution >= 4 is 39.7 Å². The molecule has 2 N–H and O–H groups in total. The first-order valence-electron chi connectivity index (χ1n) is 7.54. The summed E-state index contributed by atoms with van der Waals surface area (Å²) in [6, 6.07) is 0. The van der Waals surface area contributed by atoms with Crippen LogP contribution in [-0.2, 0) is 11.7 Å². The van der Waals surface area contributed by atoms with Crippen LogP contribution in [-0.4, -0.2) is 36.8 Å². The standard InChI is InChI=1S/C14H14ClF3N8S/c1-13(2,26-6-20-5-22-26)11-23-8(15)10(27-11)25-12-21-4-7(14(16,17)18)9(19-3)24-12/h4-6H,1-3H3,(H2,19,21,24,25). The third kappa shape index (κ3) is 3.81. The van der Waals surface area contributed by atoms with Crippen molar-refractivity contribution in [2.24, 2.45) is 0 Å². The predicted octanol–water partition coefficient (Wildman–Crippen LogP) is 3.77. The Morgan fingerprint density at radius 1 is 1.22 bits per heavy atom. The Hall–Kier alpha value is -2.47. The number of halogens is 4. The van der Waals surface area contributed by atoms with Gasteiger partial charge in [0.15, 0.2) is 5.15 Å². The Balaban J connectivity index is 1.90. The number of alkyl halides is 3. The molecule has 0 radical (unpaired) electrons. The van der Waals surface area contributed by atoms with Crippen molar-refractivity contribution in [2.75, 3.05) is 17.7 Å². The minimum atomic E-state index is -4.56. The fourth-order valence-corrected chi connectivity index (χ4v) is 3.42. The Morgan fingerprint density at radius 3 is 2.56 bits per heavy atom. The molecule has 3 rings (SSSR count). The van der Waals surface area contributed by atoms with Crippen LogP contribution in [0.15, 0.2) is 18.9 Å². The summed E-state index contributed by atoms with van der Waals surface area (Å²) in [7, 11) is 1.35. The molecule has 0 aliphatic heterocycles. The van der Waals surface area contributed by atoms with E-state index in [1.165, 1.54) is 24.7 Å². The van der Waals surface area contributed by atoms with Gasteiger partial charge in [-0.2, -0.15) is 23.3 Å². The second-order valence-corrected chi connectivity index (χ2v) is 7.22. The van der Waals surface area contributed by atoms with Gasteiger partial charge in [-0.15, -0.1) is 0 Å². The zero-order valence-corrected chi connectivity index (χ0v) is 15.9. The number of hydrogen-bond acceptors (Lipinski definition) is 8. The van der Waals surface area contributed by atoms with Gasteiger partial charge in [0, 0.05) is 13.2 Å². The molecule has 0 aliphatic carbocycles. The fraction of sp³-hybridized carbons (Fsp3) is 0.357. The first-order chi connectivity index (χ1) is 12.6. The number of thiazole rings is 1. The summed E-state index contributed by atoms with van der Waals surface area (Å²) in [4.78, 5) is 15.8. The zero-order valence-electron chi connectivity index (χ0n) is 14.3. The summed E-state index contributed by atoms with van der Waals surface area (Å²) in [5.74, 6) is -0.383. The van der Waals surface area contributed by atoms with E-state index in [2.05, 4.69) is 35.7 Å². The van der Waals surface area contributed by atoms with E-state index in [9.17, 15) is 13.2 Å². The smallest absolute Gasteiger partial charge is 0.372 e. The molecule has 0 atom stereocenters. The van der Waals surface area contributed by atoms with Gasteiger partial charge in [-0.25, -0.2) is 19.6 Å². The Kier molecular flexibility index (Phi) is 4.95. The number of rotatable bonds is 5. The van der Waals surface area contributed by atoms with Crippen molar-refractivity contribution in [3.8, 4) is 0 Å². The van der Waals surface area contributed by atoms with Gasteiger partial charge in [-0.1, -0.05) is 22.9 Å². The van der Waals surface area contributed by atoms with Crippen LogP contribution in [0.25, 0.3) is 0 Å². The molecule has 0 saturated heterocycles. The topological polar surface area (TPSA) is 93.4 Å². The van der Waals surface area contributed by atoms with Crippen LogP contribution in [0.4, 0.5) is 29.9 Å². The summed E-state index contributed by atoms with van der Waals surface area (Å²) < 4.78 is 40.5. The van der Waals surface area contributed by atoms with Crippen LogP contribution in [0.3, 0.4) is 0 Å². The van der Waals surface area contributed by atoms with Gasteiger partial charge in [0.05, 0.1) is 0 Å². The van der Waals surface area contributed by atoms with Gasteiger partial charge >= 0.3 is 6.18 Å². The van der Waals surface area contributed by atoms with Gasteiger partial charge in [0.2, 0.25) is 5.95 Å². The quantitative estimate of drug-likeness (QED) is 0.651. The summed E-state index contributed by atoms with van der Waals surface area (Å²) in [6.07, 6.45) is -0.892.